The van der Waals surface area contributed by atoms with Crippen LogP contribution in [-0.4, -0.2) is 56.2 Å². The minimum absolute atomic E-state index is 0.0227. The van der Waals surface area contributed by atoms with E-state index in [1.54, 1.807) is 24.1 Å². The Morgan fingerprint density at radius 1 is 0.938 bits per heavy atom. The third-order valence-corrected chi connectivity index (χ3v) is 5.85. The molecule has 1 heterocycles. The zero-order valence-electron chi connectivity index (χ0n) is 19.3. The van der Waals surface area contributed by atoms with E-state index in [4.69, 9.17) is 14.2 Å². The third-order valence-electron chi connectivity index (χ3n) is 5.85. The SMILES string of the molecule is COc1ccccc1OCC(=O)NC1CCN(C(=O)COc2c(C)ccc(C)c2C)CC1. The highest BCUT2D eigenvalue weighted by Crippen LogP contribution is 2.26. The molecule has 2 aromatic rings. The summed E-state index contributed by atoms with van der Waals surface area (Å²) in [7, 11) is 1.56. The molecule has 1 fully saturated rings. The Balaban J connectivity index is 1.41. The van der Waals surface area contributed by atoms with E-state index in [-0.39, 0.29) is 31.1 Å². The van der Waals surface area contributed by atoms with Crippen molar-refractivity contribution in [2.75, 3.05) is 33.4 Å². The summed E-state index contributed by atoms with van der Waals surface area (Å²) in [5.41, 5.74) is 3.23. The number of likely N-dealkylation sites (tertiary alicyclic amines) is 1. The lowest BCUT2D eigenvalue weighted by Gasteiger charge is -2.32. The summed E-state index contributed by atoms with van der Waals surface area (Å²) >= 11 is 0. The monoisotopic (exact) mass is 440 g/mol. The number of methoxy groups -OCH3 is 1. The number of rotatable bonds is 8. The molecule has 0 spiro atoms. The number of para-hydroxylation sites is 2. The molecule has 0 unspecified atom stereocenters. The molecule has 0 aliphatic carbocycles. The Kier molecular flexibility index (Phi) is 7.98. The summed E-state index contributed by atoms with van der Waals surface area (Å²) in [5, 5.41) is 2.99. The normalized spacial score (nSPS) is 14.1. The van der Waals surface area contributed by atoms with Gasteiger partial charge in [0.1, 0.15) is 5.75 Å². The van der Waals surface area contributed by atoms with E-state index >= 15 is 0 Å². The van der Waals surface area contributed by atoms with Gasteiger partial charge in [-0.25, -0.2) is 0 Å². The molecule has 0 radical (unpaired) electrons. The van der Waals surface area contributed by atoms with Crippen LogP contribution in [-0.2, 0) is 9.59 Å². The molecule has 0 bridgehead atoms. The summed E-state index contributed by atoms with van der Waals surface area (Å²) in [6, 6.07) is 11.3. The number of nitrogens with one attached hydrogen (secondary N) is 1. The molecule has 1 N–H and O–H groups in total. The Morgan fingerprint density at radius 3 is 2.28 bits per heavy atom. The fourth-order valence-corrected chi connectivity index (χ4v) is 3.80. The molecule has 1 saturated heterocycles. The summed E-state index contributed by atoms with van der Waals surface area (Å²) in [6.07, 6.45) is 1.41. The van der Waals surface area contributed by atoms with Gasteiger partial charge in [-0.3, -0.25) is 9.59 Å². The van der Waals surface area contributed by atoms with Gasteiger partial charge in [0.2, 0.25) is 0 Å². The quantitative estimate of drug-likeness (QED) is 0.682. The number of nitrogens with zero attached hydrogens (tertiary/aromatic N) is 1. The molecule has 0 saturated carbocycles. The van der Waals surface area contributed by atoms with Crippen molar-refractivity contribution in [2.24, 2.45) is 0 Å². The number of hydrogen-bond acceptors (Lipinski definition) is 5. The number of piperidine rings is 1. The van der Waals surface area contributed by atoms with Crippen molar-refractivity contribution >= 4 is 11.8 Å². The van der Waals surface area contributed by atoms with Crippen LogP contribution < -0.4 is 19.5 Å². The van der Waals surface area contributed by atoms with Crippen LogP contribution in [0, 0.1) is 20.8 Å². The lowest BCUT2D eigenvalue weighted by Crippen LogP contribution is -2.48. The van der Waals surface area contributed by atoms with Gasteiger partial charge in [0.15, 0.2) is 24.7 Å². The Morgan fingerprint density at radius 2 is 1.59 bits per heavy atom. The number of carbonyl (C=O) groups excluding carboxylic acids is 2. The first-order valence-corrected chi connectivity index (χ1v) is 10.9. The van der Waals surface area contributed by atoms with Crippen LogP contribution in [0.25, 0.3) is 0 Å². The van der Waals surface area contributed by atoms with Gasteiger partial charge in [-0.15, -0.1) is 0 Å². The molecule has 7 nitrogen and oxygen atoms in total. The topological polar surface area (TPSA) is 77.1 Å². The van der Waals surface area contributed by atoms with Crippen molar-refractivity contribution in [1.82, 2.24) is 10.2 Å². The minimum Gasteiger partial charge on any atom is -0.493 e. The van der Waals surface area contributed by atoms with Crippen LogP contribution in [0.15, 0.2) is 36.4 Å². The van der Waals surface area contributed by atoms with Crippen LogP contribution in [0.1, 0.15) is 29.5 Å². The molecule has 0 aromatic heterocycles. The predicted molar refractivity (Wildman–Crippen MR) is 122 cm³/mol. The summed E-state index contributed by atoms with van der Waals surface area (Å²) in [5.74, 6) is 1.69. The van der Waals surface area contributed by atoms with E-state index in [0.29, 0.717) is 37.4 Å². The van der Waals surface area contributed by atoms with Crippen molar-refractivity contribution in [3.63, 3.8) is 0 Å². The molecule has 3 rings (SSSR count). The van der Waals surface area contributed by atoms with E-state index in [1.165, 1.54) is 0 Å². The van der Waals surface area contributed by atoms with E-state index in [1.807, 2.05) is 39.0 Å². The van der Waals surface area contributed by atoms with Crippen molar-refractivity contribution < 1.29 is 23.8 Å². The van der Waals surface area contributed by atoms with Crippen molar-refractivity contribution in [3.8, 4) is 17.2 Å². The summed E-state index contributed by atoms with van der Waals surface area (Å²) < 4.78 is 16.7. The molecule has 0 atom stereocenters. The fourth-order valence-electron chi connectivity index (χ4n) is 3.80. The summed E-state index contributed by atoms with van der Waals surface area (Å²) in [4.78, 5) is 26.7. The van der Waals surface area contributed by atoms with Gasteiger partial charge in [-0.1, -0.05) is 24.3 Å². The second-order valence-corrected chi connectivity index (χ2v) is 8.10. The van der Waals surface area contributed by atoms with E-state index in [0.717, 1.165) is 22.4 Å². The first-order valence-electron chi connectivity index (χ1n) is 10.9. The number of aryl methyl sites for hydroxylation is 2. The summed E-state index contributed by atoms with van der Waals surface area (Å²) in [6.45, 7) is 7.14. The zero-order chi connectivity index (χ0) is 23.1. The maximum atomic E-state index is 12.6. The number of ether oxygens (including phenoxy) is 3. The molecule has 172 valence electrons. The number of carbonyl (C=O) groups is 2. The lowest BCUT2D eigenvalue weighted by molar-refractivity contribution is -0.134. The largest absolute Gasteiger partial charge is 0.493 e. The average molecular weight is 441 g/mol. The van der Waals surface area contributed by atoms with Gasteiger partial charge in [0.05, 0.1) is 7.11 Å². The van der Waals surface area contributed by atoms with Crippen LogP contribution in [0.2, 0.25) is 0 Å². The van der Waals surface area contributed by atoms with Gasteiger partial charge in [-0.05, 0) is 62.4 Å². The standard InChI is InChI=1S/C25H32N2O5/c1-17-9-10-18(2)25(19(17)3)32-16-24(29)27-13-11-20(12-14-27)26-23(28)15-31-22-8-6-5-7-21(22)30-4/h5-10,20H,11-16H2,1-4H3,(H,26,28). The number of hydrogen-bond donors (Lipinski definition) is 1. The van der Waals surface area contributed by atoms with Crippen LogP contribution in [0.5, 0.6) is 17.2 Å². The highest BCUT2D eigenvalue weighted by molar-refractivity contribution is 5.79. The zero-order valence-corrected chi connectivity index (χ0v) is 19.3. The van der Waals surface area contributed by atoms with E-state index in [2.05, 4.69) is 11.4 Å². The number of amides is 2. The Bertz CT molecular complexity index is 951. The van der Waals surface area contributed by atoms with Crippen molar-refractivity contribution in [3.05, 3.63) is 53.1 Å². The molecule has 7 heteroatoms. The lowest BCUT2D eigenvalue weighted by atomic mass is 10.0. The second-order valence-electron chi connectivity index (χ2n) is 8.10. The predicted octanol–water partition coefficient (Wildman–Crippen LogP) is 3.19. The smallest absolute Gasteiger partial charge is 0.260 e. The van der Waals surface area contributed by atoms with Gasteiger partial charge >= 0.3 is 0 Å². The average Bonchev–Trinajstić information content (AvgIpc) is 2.80. The molecule has 2 aromatic carbocycles. The second kappa shape index (κ2) is 10.9. The van der Waals surface area contributed by atoms with Crippen LogP contribution >= 0.6 is 0 Å². The van der Waals surface area contributed by atoms with Crippen molar-refractivity contribution in [1.29, 1.82) is 0 Å². The molecule has 1 aliphatic rings. The molecular weight excluding hydrogens is 408 g/mol. The highest BCUT2D eigenvalue weighted by Gasteiger charge is 2.24. The first kappa shape index (κ1) is 23.4. The number of benzene rings is 2. The van der Waals surface area contributed by atoms with E-state index < -0.39 is 0 Å². The van der Waals surface area contributed by atoms with Gasteiger partial charge in [0.25, 0.3) is 11.8 Å². The molecular formula is C25H32N2O5. The third kappa shape index (κ3) is 5.93. The molecule has 32 heavy (non-hydrogen) atoms. The molecule has 2 amide bonds. The van der Waals surface area contributed by atoms with Crippen LogP contribution in [0.4, 0.5) is 0 Å². The maximum absolute atomic E-state index is 12.6. The highest BCUT2D eigenvalue weighted by atomic mass is 16.5. The van der Waals surface area contributed by atoms with Gasteiger partial charge in [0, 0.05) is 19.1 Å². The van der Waals surface area contributed by atoms with Gasteiger partial charge < -0.3 is 24.4 Å². The van der Waals surface area contributed by atoms with Gasteiger partial charge in [-0.2, -0.15) is 0 Å². The minimum atomic E-state index is -0.186. The Labute approximate surface area is 189 Å². The fraction of sp³-hybridized carbons (Fsp3) is 0.440. The first-order chi connectivity index (χ1) is 15.4. The van der Waals surface area contributed by atoms with Crippen molar-refractivity contribution in [2.45, 2.75) is 39.7 Å². The maximum Gasteiger partial charge on any atom is 0.260 e. The Hall–Kier alpha value is -3.22. The van der Waals surface area contributed by atoms with Crippen LogP contribution in [0.3, 0.4) is 0 Å². The molecule has 1 aliphatic heterocycles. The van der Waals surface area contributed by atoms with E-state index in [9.17, 15) is 9.59 Å².